The molecular formula is C12H14N2O3S2. The second-order valence-electron chi connectivity index (χ2n) is 4.48. The van der Waals surface area contributed by atoms with Gasteiger partial charge in [0, 0.05) is 0 Å². The molecule has 0 aliphatic heterocycles. The van der Waals surface area contributed by atoms with E-state index in [4.69, 9.17) is 17.0 Å². The van der Waals surface area contributed by atoms with Crippen molar-refractivity contribution in [3.8, 4) is 0 Å². The minimum Gasteiger partial charge on any atom is -0.467 e. The number of esters is 1. The van der Waals surface area contributed by atoms with Crippen LogP contribution in [0.25, 0.3) is 10.2 Å². The van der Waals surface area contributed by atoms with Gasteiger partial charge in [-0.3, -0.25) is 9.36 Å². The molecule has 2 aromatic rings. The SMILES string of the molecule is COC(=O)C(C(C)C)n1c(=S)[nH]c2ccsc2c1=O. The second-order valence-corrected chi connectivity index (χ2v) is 5.78. The molecule has 5 nitrogen and oxygen atoms in total. The van der Waals surface area contributed by atoms with Gasteiger partial charge in [0.1, 0.15) is 10.7 Å². The van der Waals surface area contributed by atoms with Crippen LogP contribution in [0.4, 0.5) is 0 Å². The number of rotatable bonds is 3. The van der Waals surface area contributed by atoms with Gasteiger partial charge in [0.2, 0.25) is 0 Å². The van der Waals surface area contributed by atoms with Crippen molar-refractivity contribution in [2.24, 2.45) is 5.92 Å². The lowest BCUT2D eigenvalue weighted by molar-refractivity contribution is -0.146. The largest absolute Gasteiger partial charge is 0.467 e. The molecule has 0 fully saturated rings. The van der Waals surface area contributed by atoms with Crippen molar-refractivity contribution < 1.29 is 9.53 Å². The number of carbonyl (C=O) groups is 1. The topological polar surface area (TPSA) is 64.1 Å². The van der Waals surface area contributed by atoms with Crippen LogP contribution in [0.3, 0.4) is 0 Å². The van der Waals surface area contributed by atoms with Gasteiger partial charge < -0.3 is 9.72 Å². The van der Waals surface area contributed by atoms with Gasteiger partial charge in [-0.15, -0.1) is 11.3 Å². The van der Waals surface area contributed by atoms with Crippen molar-refractivity contribution in [1.29, 1.82) is 0 Å². The molecule has 1 atom stereocenters. The van der Waals surface area contributed by atoms with Crippen LogP contribution in [0.15, 0.2) is 16.2 Å². The van der Waals surface area contributed by atoms with E-state index in [-0.39, 0.29) is 16.2 Å². The van der Waals surface area contributed by atoms with Gasteiger partial charge in [-0.2, -0.15) is 0 Å². The van der Waals surface area contributed by atoms with Crippen molar-refractivity contribution in [3.05, 3.63) is 26.6 Å². The van der Waals surface area contributed by atoms with Crippen LogP contribution in [-0.4, -0.2) is 22.6 Å². The zero-order valence-electron chi connectivity index (χ0n) is 10.8. The predicted molar refractivity (Wildman–Crippen MR) is 77.2 cm³/mol. The molecule has 2 aromatic heterocycles. The van der Waals surface area contributed by atoms with Gasteiger partial charge >= 0.3 is 5.97 Å². The molecule has 0 aliphatic rings. The molecule has 0 aliphatic carbocycles. The minimum atomic E-state index is -0.715. The average molecular weight is 298 g/mol. The number of ether oxygens (including phenoxy) is 1. The molecule has 0 saturated carbocycles. The minimum absolute atomic E-state index is 0.0994. The lowest BCUT2D eigenvalue weighted by Gasteiger charge is -2.20. The number of hydrogen-bond acceptors (Lipinski definition) is 5. The Hall–Kier alpha value is -1.47. The van der Waals surface area contributed by atoms with Crippen molar-refractivity contribution >= 4 is 39.7 Å². The third-order valence-corrected chi connectivity index (χ3v) is 4.09. The number of hydrogen-bond donors (Lipinski definition) is 1. The average Bonchev–Trinajstić information content (AvgIpc) is 2.81. The Bertz CT molecular complexity index is 726. The maximum absolute atomic E-state index is 12.5. The van der Waals surface area contributed by atoms with Crippen molar-refractivity contribution in [1.82, 2.24) is 9.55 Å². The number of methoxy groups -OCH3 is 1. The van der Waals surface area contributed by atoms with Crippen LogP contribution < -0.4 is 5.56 Å². The Kier molecular flexibility index (Phi) is 3.86. The molecule has 1 unspecified atom stereocenters. The Balaban J connectivity index is 2.76. The summed E-state index contributed by atoms with van der Waals surface area (Å²) in [4.78, 5) is 27.3. The molecule has 0 saturated heterocycles. The molecule has 7 heteroatoms. The van der Waals surface area contributed by atoms with E-state index in [2.05, 4.69) is 4.98 Å². The van der Waals surface area contributed by atoms with Crippen LogP contribution in [0.2, 0.25) is 0 Å². The molecule has 2 heterocycles. The van der Waals surface area contributed by atoms with Gasteiger partial charge in [0.25, 0.3) is 5.56 Å². The fourth-order valence-electron chi connectivity index (χ4n) is 2.00. The molecule has 1 N–H and O–H groups in total. The molecule has 102 valence electrons. The zero-order valence-corrected chi connectivity index (χ0v) is 12.4. The maximum Gasteiger partial charge on any atom is 0.329 e. The van der Waals surface area contributed by atoms with Crippen molar-refractivity contribution in [2.45, 2.75) is 19.9 Å². The summed E-state index contributed by atoms with van der Waals surface area (Å²) in [6.07, 6.45) is 0. The van der Waals surface area contributed by atoms with E-state index in [0.717, 1.165) is 0 Å². The highest BCUT2D eigenvalue weighted by Gasteiger charge is 2.27. The summed E-state index contributed by atoms with van der Waals surface area (Å²) in [5.74, 6) is -0.565. The maximum atomic E-state index is 12.5. The van der Waals surface area contributed by atoms with Crippen LogP contribution in [-0.2, 0) is 9.53 Å². The van der Waals surface area contributed by atoms with Crippen LogP contribution in [0.5, 0.6) is 0 Å². The summed E-state index contributed by atoms with van der Waals surface area (Å²) >= 11 is 6.52. The number of carbonyl (C=O) groups excluding carboxylic acids is 1. The smallest absolute Gasteiger partial charge is 0.329 e. The fourth-order valence-corrected chi connectivity index (χ4v) is 3.09. The zero-order chi connectivity index (χ0) is 14.2. The lowest BCUT2D eigenvalue weighted by atomic mass is 10.0. The number of fused-ring (bicyclic) bond motifs is 1. The number of nitrogens with zero attached hydrogens (tertiary/aromatic N) is 1. The third kappa shape index (κ3) is 2.35. The van der Waals surface area contributed by atoms with Gasteiger partial charge in [0.15, 0.2) is 4.77 Å². The Morgan fingerprint density at radius 3 is 2.79 bits per heavy atom. The lowest BCUT2D eigenvalue weighted by Crippen LogP contribution is -2.34. The highest BCUT2D eigenvalue weighted by Crippen LogP contribution is 2.21. The first-order valence-electron chi connectivity index (χ1n) is 5.77. The van der Waals surface area contributed by atoms with Crippen LogP contribution >= 0.6 is 23.6 Å². The second kappa shape index (κ2) is 5.26. The Morgan fingerprint density at radius 1 is 1.53 bits per heavy atom. The van der Waals surface area contributed by atoms with E-state index in [0.29, 0.717) is 10.2 Å². The Morgan fingerprint density at radius 2 is 2.21 bits per heavy atom. The molecular weight excluding hydrogens is 284 g/mol. The Labute approximate surface area is 118 Å². The van der Waals surface area contributed by atoms with E-state index < -0.39 is 12.0 Å². The van der Waals surface area contributed by atoms with Crippen molar-refractivity contribution in [3.63, 3.8) is 0 Å². The molecule has 0 amide bonds. The first kappa shape index (κ1) is 14.0. The van der Waals surface area contributed by atoms with Gasteiger partial charge in [-0.1, -0.05) is 13.8 Å². The fraction of sp³-hybridized carbons (Fsp3) is 0.417. The van der Waals surface area contributed by atoms with E-state index in [1.54, 1.807) is 6.07 Å². The molecule has 0 aromatic carbocycles. The molecule has 2 rings (SSSR count). The standard InChI is InChI=1S/C12H14N2O3S2/c1-6(2)8(11(16)17-3)14-10(15)9-7(4-5-19-9)13-12(14)18/h4-6,8H,1-3H3,(H,13,18). The number of aromatic nitrogens is 2. The van der Waals surface area contributed by atoms with Gasteiger partial charge in [-0.25, -0.2) is 4.79 Å². The summed E-state index contributed by atoms with van der Waals surface area (Å²) in [7, 11) is 1.30. The van der Waals surface area contributed by atoms with E-state index >= 15 is 0 Å². The third-order valence-electron chi connectivity index (χ3n) is 2.89. The quantitative estimate of drug-likeness (QED) is 0.698. The van der Waals surface area contributed by atoms with Gasteiger partial charge in [0.05, 0.1) is 12.6 Å². The number of H-pyrrole nitrogens is 1. The monoisotopic (exact) mass is 298 g/mol. The van der Waals surface area contributed by atoms with E-state index in [1.807, 2.05) is 19.2 Å². The molecule has 0 bridgehead atoms. The van der Waals surface area contributed by atoms with Gasteiger partial charge in [-0.05, 0) is 29.6 Å². The highest BCUT2D eigenvalue weighted by atomic mass is 32.1. The summed E-state index contributed by atoms with van der Waals surface area (Å²) in [5, 5.41) is 1.81. The predicted octanol–water partition coefficient (Wildman–Crippen LogP) is 2.49. The summed E-state index contributed by atoms with van der Waals surface area (Å²) in [5.41, 5.74) is 0.446. The number of thiophene rings is 1. The summed E-state index contributed by atoms with van der Waals surface area (Å²) < 4.78 is 6.88. The van der Waals surface area contributed by atoms with E-state index in [9.17, 15) is 9.59 Å². The number of aromatic amines is 1. The number of nitrogens with one attached hydrogen (secondary N) is 1. The normalized spacial score (nSPS) is 12.8. The first-order chi connectivity index (χ1) is 8.97. The van der Waals surface area contributed by atoms with Crippen molar-refractivity contribution in [2.75, 3.05) is 7.11 Å². The molecule has 0 radical (unpaired) electrons. The summed E-state index contributed by atoms with van der Waals surface area (Å²) in [6, 6.07) is 1.08. The molecule has 19 heavy (non-hydrogen) atoms. The first-order valence-corrected chi connectivity index (χ1v) is 7.06. The molecule has 0 spiro atoms. The highest BCUT2D eigenvalue weighted by molar-refractivity contribution is 7.71. The van der Waals surface area contributed by atoms with Crippen LogP contribution in [0, 0.1) is 10.7 Å². The van der Waals surface area contributed by atoms with E-state index in [1.165, 1.54) is 23.0 Å². The van der Waals surface area contributed by atoms with Crippen LogP contribution in [0.1, 0.15) is 19.9 Å². The summed E-state index contributed by atoms with van der Waals surface area (Å²) in [6.45, 7) is 3.70.